The van der Waals surface area contributed by atoms with E-state index in [4.69, 9.17) is 0 Å². The van der Waals surface area contributed by atoms with Crippen LogP contribution in [0, 0.1) is 5.41 Å². The number of piperidine rings is 1. The standard InChI is InChI=1S/C13H21N3O/c1-3-13(6-4-7-14-10-13)12(17)9-11-5-8-16(2)15-11/h5,8,14H,3-4,6-7,9-10H2,1-2H3. The Bertz CT molecular complexity index is 391. The number of rotatable bonds is 4. The first-order valence-corrected chi connectivity index (χ1v) is 6.39. The summed E-state index contributed by atoms with van der Waals surface area (Å²) in [5.74, 6) is 0.339. The van der Waals surface area contributed by atoms with E-state index in [1.807, 2.05) is 19.3 Å². The largest absolute Gasteiger partial charge is 0.316 e. The maximum Gasteiger partial charge on any atom is 0.146 e. The number of hydrogen-bond acceptors (Lipinski definition) is 3. The molecular weight excluding hydrogens is 214 g/mol. The molecule has 0 spiro atoms. The summed E-state index contributed by atoms with van der Waals surface area (Å²) in [5, 5.41) is 7.64. The Morgan fingerprint density at radius 1 is 1.65 bits per heavy atom. The van der Waals surface area contributed by atoms with Crippen molar-refractivity contribution >= 4 is 5.78 Å². The molecule has 1 atom stereocenters. The molecule has 1 fully saturated rings. The highest BCUT2D eigenvalue weighted by Crippen LogP contribution is 2.32. The quantitative estimate of drug-likeness (QED) is 0.856. The Hall–Kier alpha value is -1.16. The highest BCUT2D eigenvalue weighted by molar-refractivity contribution is 5.86. The van der Waals surface area contributed by atoms with E-state index >= 15 is 0 Å². The van der Waals surface area contributed by atoms with Crippen LogP contribution in [0.3, 0.4) is 0 Å². The lowest BCUT2D eigenvalue weighted by atomic mass is 9.73. The second-order valence-electron chi connectivity index (χ2n) is 4.99. The molecule has 0 radical (unpaired) electrons. The molecule has 1 aliphatic heterocycles. The lowest BCUT2D eigenvalue weighted by Crippen LogP contribution is -2.45. The fourth-order valence-electron chi connectivity index (χ4n) is 2.61. The van der Waals surface area contributed by atoms with Gasteiger partial charge in [0, 0.05) is 25.2 Å². The smallest absolute Gasteiger partial charge is 0.146 e. The predicted molar refractivity (Wildman–Crippen MR) is 66.7 cm³/mol. The maximum atomic E-state index is 12.4. The van der Waals surface area contributed by atoms with E-state index in [0.717, 1.165) is 38.0 Å². The molecule has 1 unspecified atom stereocenters. The van der Waals surface area contributed by atoms with Gasteiger partial charge in [-0.2, -0.15) is 5.10 Å². The van der Waals surface area contributed by atoms with E-state index in [1.54, 1.807) is 4.68 Å². The summed E-state index contributed by atoms with van der Waals surface area (Å²) in [6.45, 7) is 3.98. The van der Waals surface area contributed by atoms with Crippen molar-refractivity contribution < 1.29 is 4.79 Å². The van der Waals surface area contributed by atoms with Gasteiger partial charge in [-0.05, 0) is 31.9 Å². The van der Waals surface area contributed by atoms with Crippen molar-refractivity contribution in [3.63, 3.8) is 0 Å². The van der Waals surface area contributed by atoms with E-state index in [9.17, 15) is 4.79 Å². The number of hydrogen-bond donors (Lipinski definition) is 1. The minimum atomic E-state index is -0.157. The normalized spacial score (nSPS) is 24.8. The van der Waals surface area contributed by atoms with Gasteiger partial charge in [-0.3, -0.25) is 9.48 Å². The molecule has 0 amide bonds. The molecule has 1 N–H and O–H groups in total. The molecule has 94 valence electrons. The van der Waals surface area contributed by atoms with Gasteiger partial charge < -0.3 is 5.32 Å². The summed E-state index contributed by atoms with van der Waals surface area (Å²) < 4.78 is 1.75. The van der Waals surface area contributed by atoms with Crippen LogP contribution >= 0.6 is 0 Å². The molecule has 2 rings (SSSR count). The molecule has 1 saturated heterocycles. The lowest BCUT2D eigenvalue weighted by Gasteiger charge is -2.35. The third-order valence-corrected chi connectivity index (χ3v) is 3.85. The van der Waals surface area contributed by atoms with Crippen LogP contribution in [-0.2, 0) is 18.3 Å². The molecule has 4 nitrogen and oxygen atoms in total. The van der Waals surface area contributed by atoms with E-state index in [0.29, 0.717) is 12.2 Å². The molecule has 4 heteroatoms. The Balaban J connectivity index is 2.07. The van der Waals surface area contributed by atoms with Crippen LogP contribution in [-0.4, -0.2) is 28.7 Å². The van der Waals surface area contributed by atoms with Gasteiger partial charge in [0.15, 0.2) is 0 Å². The number of carbonyl (C=O) groups is 1. The summed E-state index contributed by atoms with van der Waals surface area (Å²) in [5.41, 5.74) is 0.728. The van der Waals surface area contributed by atoms with Gasteiger partial charge in [0.25, 0.3) is 0 Å². The first-order valence-electron chi connectivity index (χ1n) is 6.39. The van der Waals surface area contributed by atoms with Gasteiger partial charge >= 0.3 is 0 Å². The summed E-state index contributed by atoms with van der Waals surface area (Å²) in [4.78, 5) is 12.4. The zero-order valence-electron chi connectivity index (χ0n) is 10.7. The van der Waals surface area contributed by atoms with E-state index in [-0.39, 0.29) is 5.41 Å². The van der Waals surface area contributed by atoms with E-state index in [1.165, 1.54) is 0 Å². The summed E-state index contributed by atoms with van der Waals surface area (Å²) in [7, 11) is 1.88. The van der Waals surface area contributed by atoms with Gasteiger partial charge in [0.05, 0.1) is 12.1 Å². The van der Waals surface area contributed by atoms with Crippen LogP contribution in [0.15, 0.2) is 12.3 Å². The summed E-state index contributed by atoms with van der Waals surface area (Å²) in [6, 6.07) is 1.93. The summed E-state index contributed by atoms with van der Waals surface area (Å²) in [6.07, 6.45) is 5.40. The van der Waals surface area contributed by atoms with Crippen molar-refractivity contribution in [2.24, 2.45) is 12.5 Å². The Labute approximate surface area is 102 Å². The highest BCUT2D eigenvalue weighted by Gasteiger charge is 2.37. The van der Waals surface area contributed by atoms with Gasteiger partial charge in [0.1, 0.15) is 5.78 Å². The average Bonchev–Trinajstić information content (AvgIpc) is 2.75. The second-order valence-corrected chi connectivity index (χ2v) is 4.99. The molecule has 1 aliphatic rings. The van der Waals surface area contributed by atoms with Crippen molar-refractivity contribution in [3.8, 4) is 0 Å². The molecule has 1 aromatic rings. The van der Waals surface area contributed by atoms with Crippen LogP contribution in [0.4, 0.5) is 0 Å². The van der Waals surface area contributed by atoms with Crippen molar-refractivity contribution in [1.29, 1.82) is 0 Å². The molecule has 0 aliphatic carbocycles. The third-order valence-electron chi connectivity index (χ3n) is 3.85. The minimum Gasteiger partial charge on any atom is -0.316 e. The van der Waals surface area contributed by atoms with Gasteiger partial charge in [-0.25, -0.2) is 0 Å². The van der Waals surface area contributed by atoms with E-state index < -0.39 is 0 Å². The van der Waals surface area contributed by atoms with Crippen molar-refractivity contribution in [2.45, 2.75) is 32.6 Å². The average molecular weight is 235 g/mol. The number of carbonyl (C=O) groups excluding carboxylic acids is 1. The molecule has 17 heavy (non-hydrogen) atoms. The zero-order valence-corrected chi connectivity index (χ0v) is 10.7. The monoisotopic (exact) mass is 235 g/mol. The number of aromatic nitrogens is 2. The first kappa shape index (κ1) is 12.3. The second kappa shape index (κ2) is 5.00. The first-order chi connectivity index (χ1) is 8.16. The Morgan fingerprint density at radius 2 is 2.47 bits per heavy atom. The fraction of sp³-hybridized carbons (Fsp3) is 0.692. The molecule has 1 aromatic heterocycles. The van der Waals surface area contributed by atoms with Crippen LogP contribution in [0.5, 0.6) is 0 Å². The number of nitrogens with zero attached hydrogens (tertiary/aromatic N) is 2. The van der Waals surface area contributed by atoms with Crippen molar-refractivity contribution in [2.75, 3.05) is 13.1 Å². The number of nitrogens with one attached hydrogen (secondary N) is 1. The third kappa shape index (κ3) is 2.57. The molecule has 0 aromatic carbocycles. The van der Waals surface area contributed by atoms with Crippen molar-refractivity contribution in [3.05, 3.63) is 18.0 Å². The van der Waals surface area contributed by atoms with E-state index in [2.05, 4.69) is 17.3 Å². The fourth-order valence-corrected chi connectivity index (χ4v) is 2.61. The van der Waals surface area contributed by atoms with Gasteiger partial charge in [-0.15, -0.1) is 0 Å². The highest BCUT2D eigenvalue weighted by atomic mass is 16.1. The van der Waals surface area contributed by atoms with Crippen LogP contribution in [0.1, 0.15) is 31.9 Å². The Kier molecular flexibility index (Phi) is 3.62. The Morgan fingerprint density at radius 3 is 3.00 bits per heavy atom. The predicted octanol–water partition coefficient (Wildman–Crippen LogP) is 1.31. The lowest BCUT2D eigenvalue weighted by molar-refractivity contribution is -0.129. The SMILES string of the molecule is CCC1(C(=O)Cc2ccn(C)n2)CCCNC1. The van der Waals surface area contributed by atoms with Crippen molar-refractivity contribution in [1.82, 2.24) is 15.1 Å². The minimum absolute atomic E-state index is 0.157. The zero-order chi connectivity index (χ0) is 12.3. The number of Topliss-reactive ketones (excluding diaryl/α,β-unsaturated/α-hetero) is 1. The van der Waals surface area contributed by atoms with Gasteiger partial charge in [0.2, 0.25) is 0 Å². The van der Waals surface area contributed by atoms with Crippen LogP contribution in [0.25, 0.3) is 0 Å². The molecule has 2 heterocycles. The molecular formula is C13H21N3O. The van der Waals surface area contributed by atoms with Crippen LogP contribution in [0.2, 0.25) is 0 Å². The maximum absolute atomic E-state index is 12.4. The van der Waals surface area contributed by atoms with Gasteiger partial charge in [-0.1, -0.05) is 6.92 Å². The summed E-state index contributed by atoms with van der Waals surface area (Å²) >= 11 is 0. The van der Waals surface area contributed by atoms with Crippen LogP contribution < -0.4 is 5.32 Å². The molecule has 0 saturated carbocycles. The number of aryl methyl sites for hydroxylation is 1. The number of ketones is 1. The molecule has 0 bridgehead atoms. The topological polar surface area (TPSA) is 46.9 Å².